The summed E-state index contributed by atoms with van der Waals surface area (Å²) >= 11 is 0. The number of aliphatic hydroxyl groups is 1. The molecule has 0 amide bonds. The topological polar surface area (TPSA) is 65.4 Å². The van der Waals surface area contributed by atoms with Gasteiger partial charge in [0.15, 0.2) is 0 Å². The molecule has 1 N–H and O–H groups in total. The van der Waals surface area contributed by atoms with Crippen LogP contribution in [-0.4, -0.2) is 46.2 Å². The van der Waals surface area contributed by atoms with Crippen LogP contribution in [-0.2, 0) is 6.61 Å². The number of aromatic nitrogens is 3. The molecular formula is C14H16FN5O. The highest BCUT2D eigenvalue weighted by Gasteiger charge is 2.21. The third-order valence-corrected chi connectivity index (χ3v) is 3.49. The van der Waals surface area contributed by atoms with Crippen molar-refractivity contribution in [3.05, 3.63) is 42.1 Å². The van der Waals surface area contributed by atoms with Gasteiger partial charge in [-0.15, -0.1) is 0 Å². The molecular weight excluding hydrogens is 273 g/mol. The van der Waals surface area contributed by atoms with E-state index in [1.165, 1.54) is 12.3 Å². The van der Waals surface area contributed by atoms with Gasteiger partial charge < -0.3 is 14.9 Å². The first kappa shape index (κ1) is 13.7. The summed E-state index contributed by atoms with van der Waals surface area (Å²) < 4.78 is 13.2. The van der Waals surface area contributed by atoms with Crippen LogP contribution in [0.5, 0.6) is 0 Å². The molecule has 3 rings (SSSR count). The second-order valence-electron chi connectivity index (χ2n) is 4.82. The summed E-state index contributed by atoms with van der Waals surface area (Å²) in [7, 11) is 0. The van der Waals surface area contributed by atoms with Crippen molar-refractivity contribution in [1.29, 1.82) is 0 Å². The fourth-order valence-electron chi connectivity index (χ4n) is 2.45. The number of anilines is 2. The monoisotopic (exact) mass is 289 g/mol. The number of nitrogens with zero attached hydrogens (tertiary/aromatic N) is 5. The number of aliphatic hydroxyl groups excluding tert-OH is 1. The molecule has 0 unspecified atom stereocenters. The largest absolute Gasteiger partial charge is 0.392 e. The highest BCUT2D eigenvalue weighted by atomic mass is 19.1. The van der Waals surface area contributed by atoms with E-state index in [0.717, 1.165) is 26.2 Å². The molecule has 1 fully saturated rings. The van der Waals surface area contributed by atoms with Gasteiger partial charge in [0.1, 0.15) is 11.6 Å². The van der Waals surface area contributed by atoms with Crippen LogP contribution in [0, 0.1) is 5.82 Å². The Morgan fingerprint density at radius 3 is 2.38 bits per heavy atom. The third-order valence-electron chi connectivity index (χ3n) is 3.49. The average molecular weight is 289 g/mol. The Hall–Kier alpha value is -2.28. The fraction of sp³-hybridized carbons (Fsp3) is 0.357. The van der Waals surface area contributed by atoms with Crippen molar-refractivity contribution in [3.8, 4) is 0 Å². The number of halogens is 1. The molecule has 1 saturated heterocycles. The molecule has 7 heteroatoms. The van der Waals surface area contributed by atoms with Gasteiger partial charge in [-0.05, 0) is 12.1 Å². The van der Waals surface area contributed by atoms with Crippen molar-refractivity contribution >= 4 is 11.8 Å². The van der Waals surface area contributed by atoms with Gasteiger partial charge in [-0.3, -0.25) is 0 Å². The third kappa shape index (κ3) is 2.92. The highest BCUT2D eigenvalue weighted by Crippen LogP contribution is 2.21. The van der Waals surface area contributed by atoms with E-state index in [4.69, 9.17) is 0 Å². The standard InChI is InChI=1S/C14H16FN5O/c15-12-8-11(10-21)13(18-9-12)19-4-6-20(7-5-19)14-16-2-1-3-17-14/h1-3,8-9,21H,4-7,10H2. The second-order valence-corrected chi connectivity index (χ2v) is 4.82. The molecule has 0 bridgehead atoms. The summed E-state index contributed by atoms with van der Waals surface area (Å²) in [6.45, 7) is 2.75. The molecule has 1 aliphatic heterocycles. The van der Waals surface area contributed by atoms with E-state index in [2.05, 4.69) is 19.9 Å². The molecule has 2 aromatic rings. The minimum atomic E-state index is -0.431. The lowest BCUT2D eigenvalue weighted by Crippen LogP contribution is -2.47. The highest BCUT2D eigenvalue weighted by molar-refractivity contribution is 5.48. The van der Waals surface area contributed by atoms with E-state index in [0.29, 0.717) is 17.3 Å². The Labute approximate surface area is 121 Å². The molecule has 2 aromatic heterocycles. The Morgan fingerprint density at radius 2 is 1.71 bits per heavy atom. The first-order valence-corrected chi connectivity index (χ1v) is 6.80. The molecule has 0 aliphatic carbocycles. The van der Waals surface area contributed by atoms with Gasteiger partial charge in [0.05, 0.1) is 12.8 Å². The maximum absolute atomic E-state index is 13.2. The van der Waals surface area contributed by atoms with E-state index in [-0.39, 0.29) is 6.61 Å². The number of piperazine rings is 1. The lowest BCUT2D eigenvalue weighted by atomic mass is 10.2. The van der Waals surface area contributed by atoms with E-state index >= 15 is 0 Å². The number of pyridine rings is 1. The van der Waals surface area contributed by atoms with Gasteiger partial charge in [-0.2, -0.15) is 0 Å². The van der Waals surface area contributed by atoms with Crippen molar-refractivity contribution < 1.29 is 9.50 Å². The predicted molar refractivity (Wildman–Crippen MR) is 76.6 cm³/mol. The number of hydrogen-bond acceptors (Lipinski definition) is 6. The summed E-state index contributed by atoms with van der Waals surface area (Å²) in [6.07, 6.45) is 4.63. The average Bonchev–Trinajstić information content (AvgIpc) is 2.56. The molecule has 21 heavy (non-hydrogen) atoms. The SMILES string of the molecule is OCc1cc(F)cnc1N1CCN(c2ncccn2)CC1. The minimum Gasteiger partial charge on any atom is -0.392 e. The molecule has 1 aliphatic rings. The number of rotatable bonds is 3. The lowest BCUT2D eigenvalue weighted by Gasteiger charge is -2.36. The van der Waals surface area contributed by atoms with Gasteiger partial charge >= 0.3 is 0 Å². The van der Waals surface area contributed by atoms with Gasteiger partial charge in [0, 0.05) is 44.1 Å². The summed E-state index contributed by atoms with van der Waals surface area (Å²) in [5, 5.41) is 9.34. The van der Waals surface area contributed by atoms with E-state index in [1.54, 1.807) is 18.5 Å². The Balaban J connectivity index is 1.71. The smallest absolute Gasteiger partial charge is 0.225 e. The van der Waals surface area contributed by atoms with Gasteiger partial charge in [0.25, 0.3) is 0 Å². The zero-order chi connectivity index (χ0) is 14.7. The van der Waals surface area contributed by atoms with Gasteiger partial charge in [-0.25, -0.2) is 19.3 Å². The van der Waals surface area contributed by atoms with Gasteiger partial charge in [-0.1, -0.05) is 0 Å². The van der Waals surface area contributed by atoms with Crippen molar-refractivity contribution in [3.63, 3.8) is 0 Å². The van der Waals surface area contributed by atoms with Crippen LogP contribution in [0.3, 0.4) is 0 Å². The molecule has 0 aromatic carbocycles. The molecule has 110 valence electrons. The molecule has 3 heterocycles. The van der Waals surface area contributed by atoms with Crippen LogP contribution in [0.1, 0.15) is 5.56 Å². The normalized spacial score (nSPS) is 15.3. The number of hydrogen-bond donors (Lipinski definition) is 1. The van der Waals surface area contributed by atoms with E-state index in [9.17, 15) is 9.50 Å². The zero-order valence-corrected chi connectivity index (χ0v) is 11.5. The van der Waals surface area contributed by atoms with Crippen LogP contribution in [0.2, 0.25) is 0 Å². The predicted octanol–water partition coefficient (Wildman–Crippen LogP) is 0.830. The quantitative estimate of drug-likeness (QED) is 0.903. The fourth-order valence-corrected chi connectivity index (χ4v) is 2.45. The molecule has 0 spiro atoms. The van der Waals surface area contributed by atoms with E-state index < -0.39 is 5.82 Å². The first-order chi connectivity index (χ1) is 10.3. The summed E-state index contributed by atoms with van der Waals surface area (Å²) in [5.74, 6) is 0.929. The van der Waals surface area contributed by atoms with Crippen molar-refractivity contribution in [1.82, 2.24) is 15.0 Å². The summed E-state index contributed by atoms with van der Waals surface area (Å²) in [5.41, 5.74) is 0.513. The van der Waals surface area contributed by atoms with Crippen LogP contribution in [0.15, 0.2) is 30.7 Å². The lowest BCUT2D eigenvalue weighted by molar-refractivity contribution is 0.281. The van der Waals surface area contributed by atoms with Crippen molar-refractivity contribution in [2.24, 2.45) is 0 Å². The maximum atomic E-state index is 13.2. The molecule has 0 atom stereocenters. The molecule has 6 nitrogen and oxygen atoms in total. The van der Waals surface area contributed by atoms with Gasteiger partial charge in [0.2, 0.25) is 5.95 Å². The van der Waals surface area contributed by atoms with Crippen molar-refractivity contribution in [2.75, 3.05) is 36.0 Å². The van der Waals surface area contributed by atoms with Crippen LogP contribution >= 0.6 is 0 Å². The zero-order valence-electron chi connectivity index (χ0n) is 11.5. The van der Waals surface area contributed by atoms with Crippen molar-refractivity contribution in [2.45, 2.75) is 6.61 Å². The first-order valence-electron chi connectivity index (χ1n) is 6.80. The Kier molecular flexibility index (Phi) is 3.92. The maximum Gasteiger partial charge on any atom is 0.225 e. The van der Waals surface area contributed by atoms with Crippen LogP contribution in [0.25, 0.3) is 0 Å². The molecule has 0 radical (unpaired) electrons. The van der Waals surface area contributed by atoms with Crippen LogP contribution in [0.4, 0.5) is 16.2 Å². The Bertz CT molecular complexity index is 602. The molecule has 0 saturated carbocycles. The minimum absolute atomic E-state index is 0.220. The second kappa shape index (κ2) is 6.01. The Morgan fingerprint density at radius 1 is 1.05 bits per heavy atom. The summed E-state index contributed by atoms with van der Waals surface area (Å²) in [4.78, 5) is 16.7. The summed E-state index contributed by atoms with van der Waals surface area (Å²) in [6, 6.07) is 3.12. The van der Waals surface area contributed by atoms with E-state index in [1.807, 2.05) is 4.90 Å². The van der Waals surface area contributed by atoms with Crippen LogP contribution < -0.4 is 9.80 Å².